The Labute approximate surface area is 60.9 Å². The number of allylic oxidation sites excluding steroid dienone is 1. The Morgan fingerprint density at radius 1 is 1.60 bits per heavy atom. The molecule has 0 amide bonds. The Balaban J connectivity index is 2.28. The van der Waals surface area contributed by atoms with Crippen molar-refractivity contribution >= 4 is 5.97 Å². The summed E-state index contributed by atoms with van der Waals surface area (Å²) in [5, 5.41) is 0. The predicted octanol–water partition coefficient (Wildman–Crippen LogP) is 1.66. The Kier molecular flexibility index (Phi) is 2.49. The first-order valence-electron chi connectivity index (χ1n) is 3.61. The van der Waals surface area contributed by atoms with E-state index in [4.69, 9.17) is 4.74 Å². The second kappa shape index (κ2) is 3.40. The van der Waals surface area contributed by atoms with Crippen LogP contribution in [0, 0.1) is 0 Å². The molecule has 0 heterocycles. The minimum Gasteiger partial charge on any atom is -0.462 e. The number of carbonyl (C=O) groups excluding carboxylic acids is 1. The molecule has 0 aromatic carbocycles. The van der Waals surface area contributed by atoms with Crippen LogP contribution in [0.5, 0.6) is 0 Å². The maximum atomic E-state index is 10.5. The standard InChI is InChI=1S/C8H12O2/c1-7(9)10-8-5-3-2-4-6-8/h2-3,8H,4-6H2,1H3. The van der Waals surface area contributed by atoms with Gasteiger partial charge in [-0.3, -0.25) is 4.79 Å². The first kappa shape index (κ1) is 7.32. The van der Waals surface area contributed by atoms with Gasteiger partial charge >= 0.3 is 5.97 Å². The summed E-state index contributed by atoms with van der Waals surface area (Å²) in [7, 11) is 0. The monoisotopic (exact) mass is 140 g/mol. The fraction of sp³-hybridized carbons (Fsp3) is 0.625. The van der Waals surface area contributed by atoms with Crippen LogP contribution >= 0.6 is 0 Å². The summed E-state index contributed by atoms with van der Waals surface area (Å²) < 4.78 is 5.00. The third kappa shape index (κ3) is 2.21. The largest absolute Gasteiger partial charge is 0.462 e. The molecule has 1 aliphatic rings. The van der Waals surface area contributed by atoms with Crippen LogP contribution in [0.25, 0.3) is 0 Å². The molecule has 10 heavy (non-hydrogen) atoms. The molecule has 0 saturated heterocycles. The summed E-state index contributed by atoms with van der Waals surface area (Å²) in [6.45, 7) is 1.46. The average Bonchev–Trinajstić information content (AvgIpc) is 1.88. The highest BCUT2D eigenvalue weighted by Gasteiger charge is 2.11. The normalized spacial score (nSPS) is 24.3. The number of carbonyl (C=O) groups is 1. The van der Waals surface area contributed by atoms with Crippen molar-refractivity contribution in [3.05, 3.63) is 12.2 Å². The van der Waals surface area contributed by atoms with E-state index in [-0.39, 0.29) is 12.1 Å². The molecule has 0 aromatic heterocycles. The molecule has 56 valence electrons. The summed E-state index contributed by atoms with van der Waals surface area (Å²) in [6.07, 6.45) is 7.24. The molecule has 1 rings (SSSR count). The van der Waals surface area contributed by atoms with Gasteiger partial charge in [-0.2, -0.15) is 0 Å². The van der Waals surface area contributed by atoms with Crippen LogP contribution in [0.4, 0.5) is 0 Å². The minimum absolute atomic E-state index is 0.141. The maximum Gasteiger partial charge on any atom is 0.302 e. The third-order valence-electron chi connectivity index (χ3n) is 1.55. The van der Waals surface area contributed by atoms with Crippen molar-refractivity contribution in [2.75, 3.05) is 0 Å². The molecule has 2 nitrogen and oxygen atoms in total. The second-order valence-electron chi connectivity index (χ2n) is 2.52. The van der Waals surface area contributed by atoms with Crippen LogP contribution in [0.2, 0.25) is 0 Å². The zero-order valence-corrected chi connectivity index (χ0v) is 6.17. The summed E-state index contributed by atoms with van der Waals surface area (Å²) in [4.78, 5) is 10.5. The van der Waals surface area contributed by atoms with Crippen LogP contribution in [0.15, 0.2) is 12.2 Å². The highest BCUT2D eigenvalue weighted by atomic mass is 16.5. The van der Waals surface area contributed by atoms with Crippen molar-refractivity contribution in [3.8, 4) is 0 Å². The zero-order valence-electron chi connectivity index (χ0n) is 6.17. The molecule has 0 aliphatic heterocycles. The van der Waals surface area contributed by atoms with Gasteiger partial charge in [-0.1, -0.05) is 12.2 Å². The fourth-order valence-corrected chi connectivity index (χ4v) is 1.11. The number of hydrogen-bond donors (Lipinski definition) is 0. The maximum absolute atomic E-state index is 10.5. The third-order valence-corrected chi connectivity index (χ3v) is 1.55. The van der Waals surface area contributed by atoms with Crippen molar-refractivity contribution in [1.82, 2.24) is 0 Å². The van der Waals surface area contributed by atoms with Gasteiger partial charge in [0.25, 0.3) is 0 Å². The predicted molar refractivity (Wildman–Crippen MR) is 38.5 cm³/mol. The molecule has 1 aliphatic carbocycles. The highest BCUT2D eigenvalue weighted by Crippen LogP contribution is 2.13. The molecule has 0 spiro atoms. The summed E-state index contributed by atoms with van der Waals surface area (Å²) in [6, 6.07) is 0. The number of esters is 1. The van der Waals surface area contributed by atoms with E-state index in [2.05, 4.69) is 12.2 Å². The number of rotatable bonds is 1. The van der Waals surface area contributed by atoms with Gasteiger partial charge in [0.15, 0.2) is 0 Å². The van der Waals surface area contributed by atoms with Gasteiger partial charge in [0, 0.05) is 13.3 Å². The molecule has 2 heteroatoms. The van der Waals surface area contributed by atoms with E-state index in [1.54, 1.807) is 0 Å². The molecule has 0 saturated carbocycles. The van der Waals surface area contributed by atoms with Crippen molar-refractivity contribution < 1.29 is 9.53 Å². The zero-order chi connectivity index (χ0) is 7.40. The van der Waals surface area contributed by atoms with Gasteiger partial charge in [0.1, 0.15) is 6.10 Å². The van der Waals surface area contributed by atoms with Crippen molar-refractivity contribution in [1.29, 1.82) is 0 Å². The van der Waals surface area contributed by atoms with Crippen molar-refractivity contribution in [2.24, 2.45) is 0 Å². The van der Waals surface area contributed by atoms with Crippen LogP contribution < -0.4 is 0 Å². The average molecular weight is 140 g/mol. The lowest BCUT2D eigenvalue weighted by Gasteiger charge is -2.16. The lowest BCUT2D eigenvalue weighted by molar-refractivity contribution is -0.146. The second-order valence-corrected chi connectivity index (χ2v) is 2.52. The molecular formula is C8H12O2. The molecule has 0 N–H and O–H groups in total. The Bertz CT molecular complexity index is 149. The van der Waals surface area contributed by atoms with E-state index < -0.39 is 0 Å². The SMILES string of the molecule is CC(=O)OC1CC=CCC1. The van der Waals surface area contributed by atoms with Crippen LogP contribution in [0.1, 0.15) is 26.2 Å². The quantitative estimate of drug-likeness (QED) is 0.409. The minimum atomic E-state index is -0.166. The highest BCUT2D eigenvalue weighted by molar-refractivity contribution is 5.66. The number of hydrogen-bond acceptors (Lipinski definition) is 2. The van der Waals surface area contributed by atoms with Crippen LogP contribution in [0.3, 0.4) is 0 Å². The Morgan fingerprint density at radius 2 is 2.40 bits per heavy atom. The smallest absolute Gasteiger partial charge is 0.302 e. The first-order chi connectivity index (χ1) is 4.79. The van der Waals surface area contributed by atoms with E-state index in [0.29, 0.717) is 0 Å². The summed E-state index contributed by atoms with van der Waals surface area (Å²) >= 11 is 0. The van der Waals surface area contributed by atoms with Crippen molar-refractivity contribution in [3.63, 3.8) is 0 Å². The van der Waals surface area contributed by atoms with Gasteiger partial charge in [0.2, 0.25) is 0 Å². The van der Waals surface area contributed by atoms with Crippen LogP contribution in [-0.4, -0.2) is 12.1 Å². The topological polar surface area (TPSA) is 26.3 Å². The van der Waals surface area contributed by atoms with E-state index in [9.17, 15) is 4.79 Å². The molecule has 0 radical (unpaired) electrons. The van der Waals surface area contributed by atoms with E-state index in [1.807, 2.05) is 0 Å². The summed E-state index contributed by atoms with van der Waals surface area (Å²) in [5.41, 5.74) is 0. The van der Waals surface area contributed by atoms with Gasteiger partial charge in [-0.25, -0.2) is 0 Å². The Morgan fingerprint density at radius 3 is 2.90 bits per heavy atom. The fourth-order valence-electron chi connectivity index (χ4n) is 1.11. The van der Waals surface area contributed by atoms with Crippen molar-refractivity contribution in [2.45, 2.75) is 32.3 Å². The first-order valence-corrected chi connectivity index (χ1v) is 3.61. The molecule has 0 bridgehead atoms. The van der Waals surface area contributed by atoms with E-state index >= 15 is 0 Å². The van der Waals surface area contributed by atoms with Gasteiger partial charge < -0.3 is 4.74 Å². The lowest BCUT2D eigenvalue weighted by atomic mass is 10.1. The molecule has 0 aromatic rings. The van der Waals surface area contributed by atoms with Gasteiger partial charge in [-0.15, -0.1) is 0 Å². The molecule has 0 fully saturated rings. The Hall–Kier alpha value is -0.790. The van der Waals surface area contributed by atoms with Gasteiger partial charge in [0.05, 0.1) is 0 Å². The molecule has 1 atom stereocenters. The summed E-state index contributed by atoms with van der Waals surface area (Å²) in [5.74, 6) is -0.166. The molecule has 1 unspecified atom stereocenters. The van der Waals surface area contributed by atoms with Gasteiger partial charge in [-0.05, 0) is 12.8 Å². The number of ether oxygens (including phenoxy) is 1. The van der Waals surface area contributed by atoms with E-state index in [1.165, 1.54) is 6.92 Å². The lowest BCUT2D eigenvalue weighted by Crippen LogP contribution is -2.16. The molecular weight excluding hydrogens is 128 g/mol. The van der Waals surface area contributed by atoms with Crippen LogP contribution in [-0.2, 0) is 9.53 Å². The van der Waals surface area contributed by atoms with E-state index in [0.717, 1.165) is 19.3 Å².